The van der Waals surface area contributed by atoms with Crippen LogP contribution in [0.2, 0.25) is 0 Å². The fraction of sp³-hybridized carbons (Fsp3) is 0.939. The minimum atomic E-state index is -0.123. The Morgan fingerprint density at radius 3 is 1.62 bits per heavy atom. The van der Waals surface area contributed by atoms with Gasteiger partial charge in [-0.15, -0.1) is 0 Å². The molecule has 0 bridgehead atoms. The number of nitrogens with zero attached hydrogens (tertiary/aromatic N) is 1. The summed E-state index contributed by atoms with van der Waals surface area (Å²) in [7, 11) is 0. The van der Waals surface area contributed by atoms with Crippen LogP contribution in [0.5, 0.6) is 0 Å². The summed E-state index contributed by atoms with van der Waals surface area (Å²) in [6.45, 7) is 7.08. The number of hydrogen-bond donors (Lipinski definition) is 1. The van der Waals surface area contributed by atoms with Gasteiger partial charge >= 0.3 is 11.9 Å². The molecule has 0 aromatic carbocycles. The molecule has 1 saturated carbocycles. The smallest absolute Gasteiger partial charge is 0.305 e. The summed E-state index contributed by atoms with van der Waals surface area (Å²) in [5, 5.41) is 9.41. The van der Waals surface area contributed by atoms with Crippen molar-refractivity contribution in [3.63, 3.8) is 0 Å². The van der Waals surface area contributed by atoms with E-state index in [0.29, 0.717) is 32.1 Å². The number of carbonyl (C=O) groups excluding carboxylic acids is 2. The van der Waals surface area contributed by atoms with Crippen molar-refractivity contribution in [1.82, 2.24) is 4.90 Å². The molecule has 0 unspecified atom stereocenters. The Balaban J connectivity index is 2.33. The highest BCUT2D eigenvalue weighted by atomic mass is 16.5. The molecule has 1 aliphatic rings. The van der Waals surface area contributed by atoms with Crippen molar-refractivity contribution in [3.05, 3.63) is 0 Å². The van der Waals surface area contributed by atoms with Crippen LogP contribution in [-0.4, -0.2) is 60.9 Å². The molecule has 6 heteroatoms. The second-order valence-corrected chi connectivity index (χ2v) is 11.8. The Kier molecular flexibility index (Phi) is 23.7. The Morgan fingerprint density at radius 2 is 1.18 bits per heavy atom. The number of aliphatic hydroxyl groups excluding tert-OH is 1. The average molecular weight is 554 g/mol. The SMILES string of the molecule is CCCCCCCCCC(=O)OCC(CCCCN(CCO)C1CCC1)COC(=O)CCCCCCCCC. The number of carbonyl (C=O) groups is 2. The van der Waals surface area contributed by atoms with E-state index in [0.717, 1.165) is 58.0 Å². The lowest BCUT2D eigenvalue weighted by Crippen LogP contribution is -2.42. The highest BCUT2D eigenvalue weighted by Crippen LogP contribution is 2.25. The molecule has 0 aromatic rings. The minimum Gasteiger partial charge on any atom is -0.465 e. The number of ether oxygens (including phenoxy) is 2. The van der Waals surface area contributed by atoms with E-state index >= 15 is 0 Å². The van der Waals surface area contributed by atoms with Crippen molar-refractivity contribution < 1.29 is 24.2 Å². The molecule has 0 atom stereocenters. The van der Waals surface area contributed by atoms with Crippen LogP contribution in [0.1, 0.15) is 155 Å². The van der Waals surface area contributed by atoms with Crippen LogP contribution < -0.4 is 0 Å². The number of rotatable bonds is 28. The van der Waals surface area contributed by atoms with Crippen LogP contribution in [0.25, 0.3) is 0 Å². The second-order valence-electron chi connectivity index (χ2n) is 11.8. The van der Waals surface area contributed by atoms with Crippen molar-refractivity contribution in [2.75, 3.05) is 32.9 Å². The molecule has 1 N–H and O–H groups in total. The Morgan fingerprint density at radius 1 is 0.692 bits per heavy atom. The topological polar surface area (TPSA) is 76.1 Å². The lowest BCUT2D eigenvalue weighted by Gasteiger charge is -2.37. The van der Waals surface area contributed by atoms with Crippen LogP contribution in [0.15, 0.2) is 0 Å². The first-order valence-electron chi connectivity index (χ1n) is 16.8. The molecular formula is C33H63NO5. The third-order valence-electron chi connectivity index (χ3n) is 8.21. The van der Waals surface area contributed by atoms with E-state index < -0.39 is 0 Å². The van der Waals surface area contributed by atoms with Gasteiger partial charge in [0, 0.05) is 31.3 Å². The van der Waals surface area contributed by atoms with Crippen molar-refractivity contribution in [1.29, 1.82) is 0 Å². The van der Waals surface area contributed by atoms with Gasteiger partial charge in [0.2, 0.25) is 0 Å². The molecular weight excluding hydrogens is 490 g/mol. The first-order valence-corrected chi connectivity index (χ1v) is 16.8. The fourth-order valence-electron chi connectivity index (χ4n) is 5.34. The number of hydrogen-bond acceptors (Lipinski definition) is 6. The third kappa shape index (κ3) is 20.4. The predicted octanol–water partition coefficient (Wildman–Crippen LogP) is 7.99. The van der Waals surface area contributed by atoms with Gasteiger partial charge in [-0.05, 0) is 45.1 Å². The van der Waals surface area contributed by atoms with E-state index in [1.807, 2.05) is 0 Å². The molecule has 39 heavy (non-hydrogen) atoms. The quantitative estimate of drug-likeness (QED) is 0.0782. The van der Waals surface area contributed by atoms with Gasteiger partial charge in [-0.2, -0.15) is 0 Å². The van der Waals surface area contributed by atoms with Crippen molar-refractivity contribution in [2.24, 2.45) is 5.92 Å². The van der Waals surface area contributed by atoms with Gasteiger partial charge < -0.3 is 14.6 Å². The average Bonchev–Trinajstić information content (AvgIpc) is 2.90. The molecule has 0 aliphatic heterocycles. The zero-order valence-corrected chi connectivity index (χ0v) is 25.8. The molecule has 0 aromatic heterocycles. The van der Waals surface area contributed by atoms with Gasteiger partial charge in [0.1, 0.15) is 0 Å². The summed E-state index contributed by atoms with van der Waals surface area (Å²) >= 11 is 0. The summed E-state index contributed by atoms with van der Waals surface area (Å²) < 4.78 is 11.3. The first-order chi connectivity index (χ1) is 19.1. The molecule has 1 fully saturated rings. The minimum absolute atomic E-state index is 0.0518. The van der Waals surface area contributed by atoms with Crippen LogP contribution in [0.4, 0.5) is 0 Å². The maximum absolute atomic E-state index is 12.3. The van der Waals surface area contributed by atoms with E-state index in [1.54, 1.807) is 0 Å². The summed E-state index contributed by atoms with van der Waals surface area (Å²) in [6.07, 6.45) is 24.2. The fourth-order valence-corrected chi connectivity index (χ4v) is 5.34. The Labute approximate surface area is 241 Å². The van der Waals surface area contributed by atoms with Crippen LogP contribution >= 0.6 is 0 Å². The van der Waals surface area contributed by atoms with Crippen LogP contribution in [0, 0.1) is 5.92 Å². The molecule has 1 aliphatic carbocycles. The molecule has 0 radical (unpaired) electrons. The summed E-state index contributed by atoms with van der Waals surface area (Å²) in [5.74, 6) is -0.194. The summed E-state index contributed by atoms with van der Waals surface area (Å²) in [6, 6.07) is 0.633. The lowest BCUT2D eigenvalue weighted by atomic mass is 9.91. The second kappa shape index (κ2) is 25.8. The van der Waals surface area contributed by atoms with Gasteiger partial charge in [0.15, 0.2) is 0 Å². The van der Waals surface area contributed by atoms with Gasteiger partial charge in [-0.25, -0.2) is 0 Å². The van der Waals surface area contributed by atoms with E-state index in [-0.39, 0.29) is 24.5 Å². The lowest BCUT2D eigenvalue weighted by molar-refractivity contribution is -0.149. The van der Waals surface area contributed by atoms with Crippen molar-refractivity contribution in [2.45, 2.75) is 161 Å². The van der Waals surface area contributed by atoms with E-state index in [2.05, 4.69) is 18.7 Å². The summed E-state index contributed by atoms with van der Waals surface area (Å²) in [5.41, 5.74) is 0. The van der Waals surface area contributed by atoms with Crippen LogP contribution in [0.3, 0.4) is 0 Å². The molecule has 0 spiro atoms. The Hall–Kier alpha value is -1.14. The first kappa shape index (κ1) is 35.9. The number of esters is 2. The number of unbranched alkanes of at least 4 members (excludes halogenated alkanes) is 13. The van der Waals surface area contributed by atoms with Gasteiger partial charge in [-0.3, -0.25) is 14.5 Å². The summed E-state index contributed by atoms with van der Waals surface area (Å²) in [4.78, 5) is 27.1. The molecule has 230 valence electrons. The zero-order valence-electron chi connectivity index (χ0n) is 25.8. The van der Waals surface area contributed by atoms with Crippen molar-refractivity contribution in [3.8, 4) is 0 Å². The highest BCUT2D eigenvalue weighted by molar-refractivity contribution is 5.69. The van der Waals surface area contributed by atoms with E-state index in [1.165, 1.54) is 83.5 Å². The van der Waals surface area contributed by atoms with Gasteiger partial charge in [0.25, 0.3) is 0 Å². The molecule has 6 nitrogen and oxygen atoms in total. The number of aliphatic hydroxyl groups is 1. The highest BCUT2D eigenvalue weighted by Gasteiger charge is 2.24. The standard InChI is InChI=1S/C33H63NO5/c1-3-5-7-9-11-13-15-23-32(36)38-28-30(20-17-18-25-34(26-27-35)31-21-19-22-31)29-39-33(37)24-16-14-12-10-8-6-4-2/h30-31,35H,3-29H2,1-2H3. The van der Waals surface area contributed by atoms with Gasteiger partial charge in [0.05, 0.1) is 19.8 Å². The zero-order chi connectivity index (χ0) is 28.4. The molecule has 0 saturated heterocycles. The predicted molar refractivity (Wildman–Crippen MR) is 161 cm³/mol. The van der Waals surface area contributed by atoms with Crippen LogP contribution in [-0.2, 0) is 19.1 Å². The largest absolute Gasteiger partial charge is 0.465 e. The Bertz CT molecular complexity index is 546. The molecule has 0 heterocycles. The molecule has 1 rings (SSSR count). The maximum Gasteiger partial charge on any atom is 0.305 e. The van der Waals surface area contributed by atoms with Crippen molar-refractivity contribution >= 4 is 11.9 Å². The molecule has 0 amide bonds. The third-order valence-corrected chi connectivity index (χ3v) is 8.21. The van der Waals surface area contributed by atoms with E-state index in [9.17, 15) is 14.7 Å². The normalized spacial score (nSPS) is 13.7. The monoisotopic (exact) mass is 553 g/mol. The van der Waals surface area contributed by atoms with Gasteiger partial charge in [-0.1, -0.05) is 104 Å². The maximum atomic E-state index is 12.3. The van der Waals surface area contributed by atoms with E-state index in [4.69, 9.17) is 9.47 Å².